The number of carbonyl (C=O) groups excluding carboxylic acids is 5. The summed E-state index contributed by atoms with van der Waals surface area (Å²) < 4.78 is 10.9. The molecule has 0 radical (unpaired) electrons. The third-order valence-corrected chi connectivity index (χ3v) is 8.25. The number of ether oxygens (including phenoxy) is 2. The van der Waals surface area contributed by atoms with Crippen LogP contribution in [0.15, 0.2) is 42.5 Å². The van der Waals surface area contributed by atoms with Crippen molar-refractivity contribution in [2.45, 2.75) is 104 Å². The van der Waals surface area contributed by atoms with Crippen LogP contribution in [0.5, 0.6) is 5.75 Å². The van der Waals surface area contributed by atoms with Crippen LogP contribution >= 0.6 is 0 Å². The number of amides is 6. The van der Waals surface area contributed by atoms with E-state index in [4.69, 9.17) is 9.47 Å². The topological polar surface area (TPSA) is 146 Å². The maximum absolute atomic E-state index is 14.0. The first kappa shape index (κ1) is 35.2. The highest BCUT2D eigenvalue weighted by atomic mass is 16.6. The predicted octanol–water partition coefficient (Wildman–Crippen LogP) is 5.60. The molecule has 0 unspecified atom stereocenters. The highest BCUT2D eigenvalue weighted by molar-refractivity contribution is 6.09. The van der Waals surface area contributed by atoms with E-state index in [0.29, 0.717) is 29.1 Å². The summed E-state index contributed by atoms with van der Waals surface area (Å²) in [5, 5.41) is 8.45. The number of methoxy groups -OCH3 is 1. The average molecular weight is 650 g/mol. The van der Waals surface area contributed by atoms with Gasteiger partial charge in [0.1, 0.15) is 22.9 Å². The molecule has 0 spiro atoms. The van der Waals surface area contributed by atoms with Crippen molar-refractivity contribution < 1.29 is 33.4 Å². The molecule has 2 aromatic rings. The summed E-state index contributed by atoms with van der Waals surface area (Å²) in [6, 6.07) is 9.95. The van der Waals surface area contributed by atoms with Gasteiger partial charge in [-0.3, -0.25) is 14.4 Å². The fourth-order valence-corrected chi connectivity index (χ4v) is 5.54. The van der Waals surface area contributed by atoms with Crippen LogP contribution in [0.3, 0.4) is 0 Å². The van der Waals surface area contributed by atoms with E-state index in [9.17, 15) is 24.0 Å². The molecule has 12 nitrogen and oxygen atoms in total. The fourth-order valence-electron chi connectivity index (χ4n) is 5.54. The molecule has 1 aliphatic carbocycles. The monoisotopic (exact) mass is 649 g/mol. The first-order chi connectivity index (χ1) is 22.0. The molecule has 1 aliphatic heterocycles. The lowest BCUT2D eigenvalue weighted by Gasteiger charge is -2.28. The Morgan fingerprint density at radius 1 is 1.02 bits per heavy atom. The van der Waals surface area contributed by atoms with Crippen LogP contribution < -0.4 is 20.7 Å². The van der Waals surface area contributed by atoms with Crippen LogP contribution in [0.4, 0.5) is 21.0 Å². The molecular weight excluding hydrogens is 602 g/mol. The van der Waals surface area contributed by atoms with Gasteiger partial charge in [0.2, 0.25) is 5.91 Å². The Morgan fingerprint density at radius 2 is 1.68 bits per heavy atom. The predicted molar refractivity (Wildman–Crippen MR) is 178 cm³/mol. The molecule has 4 rings (SSSR count). The number of para-hydroxylation sites is 1. The van der Waals surface area contributed by atoms with Gasteiger partial charge in [0.25, 0.3) is 5.91 Å². The smallest absolute Gasteiger partial charge is 0.328 e. The Bertz CT molecular complexity index is 1530. The standard InChI is InChI=1S/C35H47N5O7/c1-21-11-9-10-12-25(21)37-32(44)38-26-16-15-24(19-28(26)46-8)20-39-33(45)40(31(43)35(39,6)7)27(18-23-13-14-23)30(42)36-22(2)17-29(41)47-34(3,4)5/h9-12,15-16,19,22-23,27H,13-14,17-18,20H2,1-8H3,(H,36,42)(H2,37,38,44)/t22-,27+/m1/s1. The van der Waals surface area contributed by atoms with E-state index in [1.165, 1.54) is 12.0 Å². The minimum atomic E-state index is -1.24. The molecule has 1 heterocycles. The summed E-state index contributed by atoms with van der Waals surface area (Å²) >= 11 is 0. The number of urea groups is 2. The number of hydrogen-bond donors (Lipinski definition) is 3. The Morgan fingerprint density at radius 3 is 2.30 bits per heavy atom. The molecule has 1 saturated heterocycles. The largest absolute Gasteiger partial charge is 0.495 e. The third-order valence-electron chi connectivity index (χ3n) is 8.25. The van der Waals surface area contributed by atoms with Gasteiger partial charge in [0.05, 0.1) is 19.2 Å². The molecule has 6 amide bonds. The number of imide groups is 1. The number of benzene rings is 2. The third kappa shape index (κ3) is 8.81. The van der Waals surface area contributed by atoms with Crippen LogP contribution in [0.1, 0.15) is 78.4 Å². The summed E-state index contributed by atoms with van der Waals surface area (Å²) in [6.45, 7) is 12.3. The Kier molecular flexibility index (Phi) is 10.5. The number of esters is 1. The van der Waals surface area contributed by atoms with Gasteiger partial charge in [0.15, 0.2) is 0 Å². The van der Waals surface area contributed by atoms with Gasteiger partial charge in [-0.15, -0.1) is 0 Å². The average Bonchev–Trinajstić information content (AvgIpc) is 3.77. The SMILES string of the molecule is COc1cc(CN2C(=O)N([C@@H](CC3CC3)C(=O)N[C@H](C)CC(=O)OC(C)(C)C)C(=O)C2(C)C)ccc1NC(=O)Nc1ccccc1C. The highest BCUT2D eigenvalue weighted by Gasteiger charge is 2.55. The van der Waals surface area contributed by atoms with E-state index in [0.717, 1.165) is 23.3 Å². The van der Waals surface area contributed by atoms with Crippen molar-refractivity contribution in [3.05, 3.63) is 53.6 Å². The molecule has 0 bridgehead atoms. The van der Waals surface area contributed by atoms with Crippen molar-refractivity contribution in [1.29, 1.82) is 0 Å². The van der Waals surface area contributed by atoms with Gasteiger partial charge in [-0.2, -0.15) is 0 Å². The van der Waals surface area contributed by atoms with Crippen molar-refractivity contribution in [3.8, 4) is 5.75 Å². The van der Waals surface area contributed by atoms with E-state index >= 15 is 0 Å². The van der Waals surface area contributed by atoms with Gasteiger partial charge >= 0.3 is 18.0 Å². The first-order valence-electron chi connectivity index (χ1n) is 16.0. The van der Waals surface area contributed by atoms with Crippen LogP contribution in [0.25, 0.3) is 0 Å². The van der Waals surface area contributed by atoms with E-state index in [2.05, 4.69) is 16.0 Å². The second kappa shape index (κ2) is 14.0. The second-order valence-electron chi connectivity index (χ2n) is 13.9. The lowest BCUT2D eigenvalue weighted by atomic mass is 10.0. The molecule has 0 aromatic heterocycles. The number of anilines is 2. The minimum absolute atomic E-state index is 0.0427. The number of nitrogens with zero attached hydrogens (tertiary/aromatic N) is 2. The number of nitrogens with one attached hydrogen (secondary N) is 3. The van der Waals surface area contributed by atoms with Gasteiger partial charge in [-0.25, -0.2) is 14.5 Å². The second-order valence-corrected chi connectivity index (χ2v) is 13.9. The van der Waals surface area contributed by atoms with Crippen molar-refractivity contribution in [2.24, 2.45) is 5.92 Å². The normalized spacial score (nSPS) is 17.2. The summed E-state index contributed by atoms with van der Waals surface area (Å²) in [7, 11) is 1.48. The minimum Gasteiger partial charge on any atom is -0.495 e. The van der Waals surface area contributed by atoms with Gasteiger partial charge < -0.3 is 30.3 Å². The van der Waals surface area contributed by atoms with Crippen molar-refractivity contribution >= 4 is 41.2 Å². The van der Waals surface area contributed by atoms with Crippen LogP contribution in [0.2, 0.25) is 0 Å². The van der Waals surface area contributed by atoms with E-state index < -0.39 is 53.1 Å². The number of hydrogen-bond acceptors (Lipinski definition) is 7. The molecule has 47 heavy (non-hydrogen) atoms. The van der Waals surface area contributed by atoms with E-state index in [1.54, 1.807) is 65.8 Å². The fraction of sp³-hybridized carbons (Fsp3) is 0.514. The summed E-state index contributed by atoms with van der Waals surface area (Å²) in [5.74, 6) is -0.792. The Balaban J connectivity index is 1.48. The van der Waals surface area contributed by atoms with Crippen molar-refractivity contribution in [2.75, 3.05) is 17.7 Å². The molecule has 3 N–H and O–H groups in total. The molecule has 254 valence electrons. The molecule has 2 fully saturated rings. The Labute approximate surface area is 276 Å². The lowest BCUT2D eigenvalue weighted by Crippen LogP contribution is -2.53. The molecule has 12 heteroatoms. The number of carbonyl (C=O) groups is 5. The summed E-state index contributed by atoms with van der Waals surface area (Å²) in [6.07, 6.45) is 2.15. The van der Waals surface area contributed by atoms with Gasteiger partial charge in [0, 0.05) is 18.3 Å². The molecule has 2 aliphatic rings. The Hall–Kier alpha value is -4.61. The van der Waals surface area contributed by atoms with Crippen molar-refractivity contribution in [3.63, 3.8) is 0 Å². The van der Waals surface area contributed by atoms with E-state index in [-0.39, 0.29) is 18.9 Å². The molecular formula is C35H47N5O7. The van der Waals surface area contributed by atoms with Crippen LogP contribution in [0, 0.1) is 12.8 Å². The van der Waals surface area contributed by atoms with E-state index in [1.807, 2.05) is 25.1 Å². The molecule has 1 saturated carbocycles. The quantitative estimate of drug-likeness (QED) is 0.201. The lowest BCUT2D eigenvalue weighted by molar-refractivity contribution is -0.155. The van der Waals surface area contributed by atoms with Crippen LogP contribution in [-0.4, -0.2) is 70.0 Å². The number of rotatable bonds is 12. The highest BCUT2D eigenvalue weighted by Crippen LogP contribution is 2.39. The van der Waals surface area contributed by atoms with Gasteiger partial charge in [-0.1, -0.05) is 37.1 Å². The maximum Gasteiger partial charge on any atom is 0.328 e. The van der Waals surface area contributed by atoms with Crippen molar-refractivity contribution in [1.82, 2.24) is 15.1 Å². The maximum atomic E-state index is 14.0. The molecule has 2 aromatic carbocycles. The van der Waals surface area contributed by atoms with Gasteiger partial charge in [-0.05, 0) is 90.1 Å². The summed E-state index contributed by atoms with van der Waals surface area (Å²) in [5.41, 5.74) is 0.786. The number of aryl methyl sites for hydroxylation is 1. The molecule has 2 atom stereocenters. The van der Waals surface area contributed by atoms with Crippen LogP contribution in [-0.2, 0) is 25.7 Å². The first-order valence-corrected chi connectivity index (χ1v) is 16.0. The summed E-state index contributed by atoms with van der Waals surface area (Å²) in [4.78, 5) is 68.9. The zero-order valence-electron chi connectivity index (χ0n) is 28.6. The zero-order valence-corrected chi connectivity index (χ0v) is 28.6. The zero-order chi connectivity index (χ0) is 34.7.